The summed E-state index contributed by atoms with van der Waals surface area (Å²) in [6.07, 6.45) is 0.462. The van der Waals surface area contributed by atoms with E-state index in [0.717, 1.165) is 22.3 Å². The van der Waals surface area contributed by atoms with E-state index < -0.39 is 23.9 Å². The molecule has 3 N–H and O–H groups in total. The number of carbonyl (C=O) groups excluding carboxylic acids is 3. The fraction of sp³-hybridized carbons (Fsp3) is 0.229. The Morgan fingerprint density at radius 2 is 1.20 bits per heavy atom. The van der Waals surface area contributed by atoms with Crippen molar-refractivity contribution in [2.75, 3.05) is 6.61 Å². The van der Waals surface area contributed by atoms with Gasteiger partial charge in [-0.05, 0) is 53.4 Å². The fourth-order valence-corrected chi connectivity index (χ4v) is 4.65. The molecule has 9 nitrogen and oxygen atoms in total. The molecule has 0 bridgehead atoms. The molecule has 0 saturated heterocycles. The van der Waals surface area contributed by atoms with Crippen LogP contribution in [0.4, 0.5) is 0 Å². The van der Waals surface area contributed by atoms with Gasteiger partial charge in [-0.25, -0.2) is 0 Å². The van der Waals surface area contributed by atoms with Crippen LogP contribution >= 0.6 is 0 Å². The minimum Gasteiger partial charge on any atom is -0.494 e. The molecule has 0 aliphatic carbocycles. The van der Waals surface area contributed by atoms with Crippen LogP contribution in [0, 0.1) is 4.91 Å². The number of nitrogens with zero attached hydrogens (tertiary/aromatic N) is 1. The van der Waals surface area contributed by atoms with E-state index in [0.29, 0.717) is 17.9 Å². The maximum absolute atomic E-state index is 13.8. The molecule has 0 spiro atoms. The maximum atomic E-state index is 13.8. The van der Waals surface area contributed by atoms with Crippen molar-refractivity contribution >= 4 is 17.7 Å². The van der Waals surface area contributed by atoms with Crippen molar-refractivity contribution in [3.8, 4) is 5.75 Å². The molecule has 0 saturated carbocycles. The normalized spacial score (nSPS) is 11.9. The minimum atomic E-state index is -0.953. The smallest absolute Gasteiger partial charge is 0.251 e. The zero-order valence-electron chi connectivity index (χ0n) is 24.6. The van der Waals surface area contributed by atoms with E-state index in [9.17, 15) is 19.3 Å². The third-order valence-corrected chi connectivity index (χ3v) is 6.98. The number of hydrogen-bond acceptors (Lipinski definition) is 6. The second-order valence-corrected chi connectivity index (χ2v) is 10.2. The van der Waals surface area contributed by atoms with Crippen molar-refractivity contribution in [3.63, 3.8) is 0 Å². The van der Waals surface area contributed by atoms with Crippen LogP contribution in [0.2, 0.25) is 0 Å². The highest BCUT2D eigenvalue weighted by molar-refractivity contribution is 5.98. The van der Waals surface area contributed by atoms with Gasteiger partial charge in [-0.1, -0.05) is 90.1 Å². The fourth-order valence-electron chi connectivity index (χ4n) is 4.65. The Morgan fingerprint density at radius 3 is 1.82 bits per heavy atom. The van der Waals surface area contributed by atoms with Crippen molar-refractivity contribution < 1.29 is 19.1 Å². The van der Waals surface area contributed by atoms with Gasteiger partial charge < -0.3 is 20.7 Å². The van der Waals surface area contributed by atoms with Crippen LogP contribution in [0.1, 0.15) is 39.5 Å². The zero-order valence-corrected chi connectivity index (χ0v) is 24.6. The second kappa shape index (κ2) is 16.4. The lowest BCUT2D eigenvalue weighted by molar-refractivity contribution is -0.130. The predicted octanol–water partition coefficient (Wildman–Crippen LogP) is 4.74. The molecule has 0 aliphatic rings. The first kappa shape index (κ1) is 31.6. The SMILES string of the molecule is CCOc1ccc(C[C@@H](NC(=O)c2ccccc2)C(=O)N[C@@H](Cc2ccccc2)C(=O)NCc2ccc(CN=O)cc2)cc1. The van der Waals surface area contributed by atoms with Gasteiger partial charge in [0.15, 0.2) is 0 Å². The van der Waals surface area contributed by atoms with Gasteiger partial charge in [0, 0.05) is 24.9 Å². The number of nitroso groups, excluding NO2 is 1. The molecule has 0 fully saturated rings. The lowest BCUT2D eigenvalue weighted by Gasteiger charge is -2.24. The molecule has 0 heterocycles. The molecule has 0 aliphatic heterocycles. The molecule has 0 aromatic heterocycles. The summed E-state index contributed by atoms with van der Waals surface area (Å²) in [6, 6.07) is 30.8. The van der Waals surface area contributed by atoms with Crippen LogP contribution in [-0.2, 0) is 35.5 Å². The van der Waals surface area contributed by atoms with Gasteiger partial charge in [0.2, 0.25) is 11.8 Å². The molecule has 3 amide bonds. The molecule has 226 valence electrons. The van der Waals surface area contributed by atoms with E-state index in [1.807, 2.05) is 79.7 Å². The number of nitrogens with one attached hydrogen (secondary N) is 3. The van der Waals surface area contributed by atoms with Crippen LogP contribution in [0.25, 0.3) is 0 Å². The molecular weight excluding hydrogens is 556 g/mol. The quantitative estimate of drug-likeness (QED) is 0.172. The van der Waals surface area contributed by atoms with E-state index in [-0.39, 0.29) is 31.8 Å². The Balaban J connectivity index is 1.52. The minimum absolute atomic E-state index is 0.0798. The van der Waals surface area contributed by atoms with Gasteiger partial charge in [-0.2, -0.15) is 4.91 Å². The first-order valence-electron chi connectivity index (χ1n) is 14.5. The van der Waals surface area contributed by atoms with Gasteiger partial charge in [0.05, 0.1) is 6.61 Å². The highest BCUT2D eigenvalue weighted by Gasteiger charge is 2.27. The van der Waals surface area contributed by atoms with Gasteiger partial charge in [-0.3, -0.25) is 14.4 Å². The first-order chi connectivity index (χ1) is 21.4. The number of amides is 3. The molecule has 4 aromatic carbocycles. The summed E-state index contributed by atoms with van der Waals surface area (Å²) in [5, 5.41) is 11.6. The largest absolute Gasteiger partial charge is 0.494 e. The van der Waals surface area contributed by atoms with Gasteiger partial charge in [-0.15, -0.1) is 0 Å². The zero-order chi connectivity index (χ0) is 31.1. The molecule has 0 radical (unpaired) electrons. The van der Waals surface area contributed by atoms with E-state index in [1.54, 1.807) is 36.4 Å². The Labute approximate surface area is 257 Å². The van der Waals surface area contributed by atoms with Crippen molar-refractivity contribution in [1.29, 1.82) is 0 Å². The Morgan fingerprint density at radius 1 is 0.659 bits per heavy atom. The van der Waals surface area contributed by atoms with Gasteiger partial charge in [0.1, 0.15) is 24.4 Å². The van der Waals surface area contributed by atoms with Crippen LogP contribution in [0.5, 0.6) is 5.75 Å². The summed E-state index contributed by atoms with van der Waals surface area (Å²) in [5.41, 5.74) is 3.72. The summed E-state index contributed by atoms with van der Waals surface area (Å²) in [5.74, 6) is -0.533. The van der Waals surface area contributed by atoms with E-state index in [1.165, 1.54) is 0 Å². The maximum Gasteiger partial charge on any atom is 0.251 e. The molecule has 2 atom stereocenters. The van der Waals surface area contributed by atoms with E-state index in [4.69, 9.17) is 4.74 Å². The van der Waals surface area contributed by atoms with Crippen molar-refractivity contribution in [3.05, 3.63) is 142 Å². The molecule has 9 heteroatoms. The molecule has 0 unspecified atom stereocenters. The Bertz CT molecular complexity index is 1510. The highest BCUT2D eigenvalue weighted by atomic mass is 16.5. The Hall–Kier alpha value is -5.31. The molecular formula is C35H36N4O5. The monoisotopic (exact) mass is 592 g/mol. The third kappa shape index (κ3) is 9.62. The molecule has 4 rings (SSSR count). The van der Waals surface area contributed by atoms with Crippen LogP contribution in [-0.4, -0.2) is 36.4 Å². The topological polar surface area (TPSA) is 126 Å². The standard InChI is InChI=1S/C35H36N4O5/c1-2-44-30-19-17-26(18-20-30)22-32(38-33(40)29-11-7-4-8-12-29)35(42)39-31(21-25-9-5-3-6-10-25)34(41)36-23-27-13-15-28(16-14-27)24-37-43/h3-20,31-32H,2,21-24H2,1H3,(H,36,41)(H,38,40)(H,39,42)/t31-,32+/m0/s1. The van der Waals surface area contributed by atoms with Crippen molar-refractivity contribution in [2.45, 2.75) is 44.9 Å². The lowest BCUT2D eigenvalue weighted by atomic mass is 10.0. The highest BCUT2D eigenvalue weighted by Crippen LogP contribution is 2.15. The number of rotatable bonds is 15. The summed E-state index contributed by atoms with van der Waals surface area (Å²) >= 11 is 0. The number of ether oxygens (including phenoxy) is 1. The number of benzene rings is 4. The average Bonchev–Trinajstić information content (AvgIpc) is 3.05. The first-order valence-corrected chi connectivity index (χ1v) is 14.5. The van der Waals surface area contributed by atoms with Crippen molar-refractivity contribution in [1.82, 2.24) is 16.0 Å². The molecule has 44 heavy (non-hydrogen) atoms. The average molecular weight is 593 g/mol. The molecule has 4 aromatic rings. The van der Waals surface area contributed by atoms with Crippen LogP contribution in [0.3, 0.4) is 0 Å². The van der Waals surface area contributed by atoms with E-state index in [2.05, 4.69) is 21.1 Å². The number of hydrogen-bond donors (Lipinski definition) is 3. The number of carbonyl (C=O) groups is 3. The second-order valence-electron chi connectivity index (χ2n) is 10.2. The van der Waals surface area contributed by atoms with Crippen LogP contribution < -0.4 is 20.7 Å². The predicted molar refractivity (Wildman–Crippen MR) is 169 cm³/mol. The van der Waals surface area contributed by atoms with E-state index >= 15 is 0 Å². The lowest BCUT2D eigenvalue weighted by Crippen LogP contribution is -2.55. The summed E-state index contributed by atoms with van der Waals surface area (Å²) in [4.78, 5) is 50.9. The van der Waals surface area contributed by atoms with Crippen LogP contribution in [0.15, 0.2) is 114 Å². The van der Waals surface area contributed by atoms with Gasteiger partial charge in [0.25, 0.3) is 5.91 Å². The summed E-state index contributed by atoms with van der Waals surface area (Å²) in [7, 11) is 0. The van der Waals surface area contributed by atoms with Crippen molar-refractivity contribution in [2.24, 2.45) is 5.18 Å². The van der Waals surface area contributed by atoms with Gasteiger partial charge >= 0.3 is 0 Å². The Kier molecular flexibility index (Phi) is 11.8. The summed E-state index contributed by atoms with van der Waals surface area (Å²) < 4.78 is 5.53. The third-order valence-electron chi connectivity index (χ3n) is 6.98. The summed E-state index contributed by atoms with van der Waals surface area (Å²) in [6.45, 7) is 2.75.